The molecule has 1 aromatic rings. The number of benzene rings is 1. The molecular formula is C24H34N2O5. The molecule has 1 unspecified atom stereocenters. The van der Waals surface area contributed by atoms with E-state index in [0.717, 1.165) is 5.56 Å². The second-order valence-corrected chi connectivity index (χ2v) is 7.62. The zero-order valence-corrected chi connectivity index (χ0v) is 18.4. The van der Waals surface area contributed by atoms with E-state index in [1.54, 1.807) is 19.9 Å². The highest BCUT2D eigenvalue weighted by Crippen LogP contribution is 2.11. The van der Waals surface area contributed by atoms with Gasteiger partial charge in [0.15, 0.2) is 0 Å². The number of allylic oxidation sites excluding steroid dienone is 2. The summed E-state index contributed by atoms with van der Waals surface area (Å²) in [5.41, 5.74) is 0.960. The Bertz CT molecular complexity index is 735. The fraction of sp³-hybridized carbons (Fsp3) is 0.458. The molecule has 3 N–H and O–H groups in total. The molecule has 2 amide bonds. The number of aliphatic hydroxyl groups is 1. The van der Waals surface area contributed by atoms with Crippen molar-refractivity contribution in [3.63, 3.8) is 0 Å². The summed E-state index contributed by atoms with van der Waals surface area (Å²) in [6.45, 7) is 10.4. The fourth-order valence-corrected chi connectivity index (χ4v) is 2.91. The van der Waals surface area contributed by atoms with Gasteiger partial charge >= 0.3 is 5.97 Å². The van der Waals surface area contributed by atoms with Gasteiger partial charge in [-0.25, -0.2) is 0 Å². The van der Waals surface area contributed by atoms with Crippen molar-refractivity contribution in [3.05, 3.63) is 61.2 Å². The van der Waals surface area contributed by atoms with Crippen LogP contribution in [0.25, 0.3) is 0 Å². The highest BCUT2D eigenvalue weighted by Gasteiger charge is 2.28. The second-order valence-electron chi connectivity index (χ2n) is 7.62. The molecule has 0 fully saturated rings. The van der Waals surface area contributed by atoms with Crippen LogP contribution in [0.1, 0.15) is 32.3 Å². The Kier molecular flexibility index (Phi) is 11.9. The Morgan fingerprint density at radius 1 is 1.03 bits per heavy atom. The van der Waals surface area contributed by atoms with Crippen LogP contribution >= 0.6 is 0 Å². The second kappa shape index (κ2) is 14.1. The molecule has 4 atom stereocenters. The van der Waals surface area contributed by atoms with E-state index < -0.39 is 29.8 Å². The van der Waals surface area contributed by atoms with E-state index in [9.17, 15) is 14.4 Å². The zero-order chi connectivity index (χ0) is 23.2. The number of carbonyl (C=O) groups excluding carboxylic acids is 3. The van der Waals surface area contributed by atoms with Gasteiger partial charge in [0.05, 0.1) is 18.6 Å². The molecule has 0 saturated heterocycles. The third kappa shape index (κ3) is 9.61. The van der Waals surface area contributed by atoms with E-state index >= 15 is 0 Å². The van der Waals surface area contributed by atoms with Crippen molar-refractivity contribution in [1.82, 2.24) is 10.6 Å². The van der Waals surface area contributed by atoms with Gasteiger partial charge in [-0.3, -0.25) is 14.4 Å². The van der Waals surface area contributed by atoms with E-state index in [2.05, 4.69) is 23.8 Å². The zero-order valence-electron chi connectivity index (χ0n) is 18.4. The molecule has 0 aromatic heterocycles. The lowest BCUT2D eigenvalue weighted by molar-refractivity contribution is -0.149. The Balaban J connectivity index is 2.90. The lowest BCUT2D eigenvalue weighted by Gasteiger charge is -2.23. The Hall–Kier alpha value is -2.93. The molecule has 0 radical (unpaired) electrons. The third-order valence-corrected chi connectivity index (χ3v) is 4.72. The highest BCUT2D eigenvalue weighted by atomic mass is 16.5. The lowest BCUT2D eigenvalue weighted by Crippen LogP contribution is -2.49. The maximum atomic E-state index is 12.9. The van der Waals surface area contributed by atoms with Crippen molar-refractivity contribution in [3.8, 4) is 0 Å². The molecular weight excluding hydrogens is 396 g/mol. The molecule has 0 spiro atoms. The first-order chi connectivity index (χ1) is 14.8. The van der Waals surface area contributed by atoms with Crippen LogP contribution in [0.5, 0.6) is 0 Å². The molecule has 0 saturated carbocycles. The van der Waals surface area contributed by atoms with Crippen molar-refractivity contribution in [2.24, 2.45) is 11.8 Å². The summed E-state index contributed by atoms with van der Waals surface area (Å²) in [6.07, 6.45) is 4.23. The third-order valence-electron chi connectivity index (χ3n) is 4.72. The number of amides is 2. The molecule has 1 rings (SSSR count). The summed E-state index contributed by atoms with van der Waals surface area (Å²) in [5, 5.41) is 14.6. The van der Waals surface area contributed by atoms with Crippen LogP contribution in [0.15, 0.2) is 55.6 Å². The number of esters is 1. The van der Waals surface area contributed by atoms with E-state index in [1.807, 2.05) is 30.3 Å². The maximum absolute atomic E-state index is 12.9. The summed E-state index contributed by atoms with van der Waals surface area (Å²) in [7, 11) is 0. The van der Waals surface area contributed by atoms with Crippen molar-refractivity contribution in [2.75, 3.05) is 13.2 Å². The first kappa shape index (κ1) is 26.1. The van der Waals surface area contributed by atoms with Crippen LogP contribution in [0.2, 0.25) is 0 Å². The SMILES string of the molecule is C=CCC(C(=O)N[C@H](COC(=O)[C@@H](C)CC=C)Cc1ccccc1)C(=O)N[C@H](C)CO. The van der Waals surface area contributed by atoms with Crippen molar-refractivity contribution in [2.45, 2.75) is 45.2 Å². The minimum absolute atomic E-state index is 0.0174. The summed E-state index contributed by atoms with van der Waals surface area (Å²) in [4.78, 5) is 37.6. The van der Waals surface area contributed by atoms with Crippen molar-refractivity contribution < 1.29 is 24.2 Å². The van der Waals surface area contributed by atoms with Gasteiger partial charge in [0.2, 0.25) is 11.8 Å². The molecule has 0 aliphatic rings. The summed E-state index contributed by atoms with van der Waals surface area (Å²) >= 11 is 0. The lowest BCUT2D eigenvalue weighted by atomic mass is 10.0. The molecule has 0 bridgehead atoms. The highest BCUT2D eigenvalue weighted by molar-refractivity contribution is 6.00. The molecule has 31 heavy (non-hydrogen) atoms. The largest absolute Gasteiger partial charge is 0.463 e. The number of aliphatic hydroxyl groups excluding tert-OH is 1. The van der Waals surface area contributed by atoms with E-state index in [-0.39, 0.29) is 31.5 Å². The predicted octanol–water partition coefficient (Wildman–Crippen LogP) is 2.16. The summed E-state index contributed by atoms with van der Waals surface area (Å²) < 4.78 is 5.42. The van der Waals surface area contributed by atoms with Gasteiger partial charge in [0, 0.05) is 6.04 Å². The number of ether oxygens (including phenoxy) is 1. The number of hydrogen-bond acceptors (Lipinski definition) is 5. The van der Waals surface area contributed by atoms with Gasteiger partial charge in [0.25, 0.3) is 0 Å². The average Bonchev–Trinajstić information content (AvgIpc) is 2.75. The Labute approximate surface area is 184 Å². The predicted molar refractivity (Wildman–Crippen MR) is 120 cm³/mol. The molecule has 170 valence electrons. The van der Waals surface area contributed by atoms with Crippen molar-refractivity contribution in [1.29, 1.82) is 0 Å². The van der Waals surface area contributed by atoms with Gasteiger partial charge < -0.3 is 20.5 Å². The summed E-state index contributed by atoms with van der Waals surface area (Å²) in [6, 6.07) is 8.51. The monoisotopic (exact) mass is 430 g/mol. The van der Waals surface area contributed by atoms with Crippen LogP contribution in [0.3, 0.4) is 0 Å². The molecule has 0 aliphatic heterocycles. The molecule has 0 heterocycles. The van der Waals surface area contributed by atoms with Crippen LogP contribution in [-0.2, 0) is 25.5 Å². The van der Waals surface area contributed by atoms with Crippen LogP contribution in [0, 0.1) is 11.8 Å². The number of hydrogen-bond donors (Lipinski definition) is 3. The minimum Gasteiger partial charge on any atom is -0.463 e. The number of carbonyl (C=O) groups is 3. The fourth-order valence-electron chi connectivity index (χ4n) is 2.91. The molecule has 0 aliphatic carbocycles. The first-order valence-electron chi connectivity index (χ1n) is 10.5. The van der Waals surface area contributed by atoms with E-state index in [4.69, 9.17) is 9.84 Å². The van der Waals surface area contributed by atoms with Gasteiger partial charge in [-0.15, -0.1) is 13.2 Å². The smallest absolute Gasteiger partial charge is 0.309 e. The Morgan fingerprint density at radius 3 is 2.23 bits per heavy atom. The van der Waals surface area contributed by atoms with Crippen LogP contribution in [-0.4, -0.2) is 48.2 Å². The van der Waals surface area contributed by atoms with Gasteiger partial charge in [-0.05, 0) is 31.7 Å². The van der Waals surface area contributed by atoms with Crippen molar-refractivity contribution >= 4 is 17.8 Å². The van der Waals surface area contributed by atoms with Gasteiger partial charge in [0.1, 0.15) is 12.5 Å². The van der Waals surface area contributed by atoms with Crippen LogP contribution in [0.4, 0.5) is 0 Å². The van der Waals surface area contributed by atoms with E-state index in [0.29, 0.717) is 12.8 Å². The van der Waals surface area contributed by atoms with Gasteiger partial charge in [-0.1, -0.05) is 49.4 Å². The minimum atomic E-state index is -1.000. The van der Waals surface area contributed by atoms with Gasteiger partial charge in [-0.2, -0.15) is 0 Å². The number of rotatable bonds is 14. The average molecular weight is 431 g/mol. The standard InChI is InChI=1S/C24H34N2O5/c1-5-10-17(3)24(30)31-16-20(14-19-12-8-7-9-13-19)26-23(29)21(11-6-2)22(28)25-18(4)15-27/h5-9,12-13,17-18,20-21,27H,1-2,10-11,14-16H2,3-4H3,(H,25,28)(H,26,29)/t17-,18+,20-,21?/m0/s1. The van der Waals surface area contributed by atoms with Crippen LogP contribution < -0.4 is 10.6 Å². The molecule has 7 heteroatoms. The molecule has 1 aromatic carbocycles. The normalized spacial score (nSPS) is 14.4. The quantitative estimate of drug-likeness (QED) is 0.238. The maximum Gasteiger partial charge on any atom is 0.309 e. The Morgan fingerprint density at radius 2 is 1.65 bits per heavy atom. The van der Waals surface area contributed by atoms with E-state index in [1.165, 1.54) is 6.08 Å². The first-order valence-corrected chi connectivity index (χ1v) is 10.5. The summed E-state index contributed by atoms with van der Waals surface area (Å²) in [5.74, 6) is -2.68. The topological polar surface area (TPSA) is 105 Å². The molecule has 7 nitrogen and oxygen atoms in total. The number of nitrogens with one attached hydrogen (secondary N) is 2.